The summed E-state index contributed by atoms with van der Waals surface area (Å²) in [6.07, 6.45) is 0. The fourth-order valence-corrected chi connectivity index (χ4v) is 3.61. The number of para-hydroxylation sites is 1. The van der Waals surface area contributed by atoms with Gasteiger partial charge in [0.25, 0.3) is 0 Å². The number of anilines is 1. The molecule has 0 fully saturated rings. The minimum Gasteiger partial charge on any atom is -0.466 e. The average Bonchev–Trinajstić information content (AvgIpc) is 3.12. The number of hydrogen-bond acceptors (Lipinski definition) is 4. The third-order valence-electron chi connectivity index (χ3n) is 4.69. The first-order valence-electron chi connectivity index (χ1n) is 7.70. The molecule has 0 amide bonds. The molecule has 1 unspecified atom stereocenters. The lowest BCUT2D eigenvalue weighted by molar-refractivity contribution is -0.136. The SMILES string of the molecule is COC(=O)C1=C2c3ccccc3N(C)N2CC1c1ccccc1. The van der Waals surface area contributed by atoms with Crippen LogP contribution < -0.4 is 5.01 Å². The van der Waals surface area contributed by atoms with E-state index in [1.54, 1.807) is 0 Å². The third-order valence-corrected chi connectivity index (χ3v) is 4.69. The van der Waals surface area contributed by atoms with Crippen LogP contribution in [0.5, 0.6) is 0 Å². The van der Waals surface area contributed by atoms with Gasteiger partial charge >= 0.3 is 5.97 Å². The molecule has 0 N–H and O–H groups in total. The molecule has 116 valence electrons. The monoisotopic (exact) mass is 306 g/mol. The van der Waals surface area contributed by atoms with E-state index in [4.69, 9.17) is 4.74 Å². The summed E-state index contributed by atoms with van der Waals surface area (Å²) in [7, 11) is 3.49. The van der Waals surface area contributed by atoms with Gasteiger partial charge in [0.05, 0.1) is 30.6 Å². The van der Waals surface area contributed by atoms with Crippen molar-refractivity contribution in [3.63, 3.8) is 0 Å². The third kappa shape index (κ3) is 1.95. The number of hydrogen-bond donors (Lipinski definition) is 0. The molecule has 4 nitrogen and oxygen atoms in total. The second-order valence-corrected chi connectivity index (χ2v) is 5.84. The quantitative estimate of drug-likeness (QED) is 0.799. The summed E-state index contributed by atoms with van der Waals surface area (Å²) in [6, 6.07) is 18.3. The highest BCUT2D eigenvalue weighted by Gasteiger charge is 2.43. The molecule has 0 saturated heterocycles. The molecule has 2 heterocycles. The number of esters is 1. The second kappa shape index (κ2) is 5.16. The van der Waals surface area contributed by atoms with E-state index in [2.05, 4.69) is 34.3 Å². The molecule has 1 atom stereocenters. The van der Waals surface area contributed by atoms with Crippen LogP contribution >= 0.6 is 0 Å². The first-order valence-corrected chi connectivity index (χ1v) is 7.70. The maximum Gasteiger partial charge on any atom is 0.336 e. The van der Waals surface area contributed by atoms with Crippen molar-refractivity contribution in [2.45, 2.75) is 5.92 Å². The maximum atomic E-state index is 12.5. The molecule has 2 aliphatic heterocycles. The fraction of sp³-hybridized carbons (Fsp3) is 0.211. The summed E-state index contributed by atoms with van der Waals surface area (Å²) in [4.78, 5) is 12.5. The van der Waals surface area contributed by atoms with Crippen LogP contribution in [0, 0.1) is 0 Å². The van der Waals surface area contributed by atoms with Crippen LogP contribution in [0.3, 0.4) is 0 Å². The summed E-state index contributed by atoms with van der Waals surface area (Å²) in [6.45, 7) is 0.745. The summed E-state index contributed by atoms with van der Waals surface area (Å²) in [5.41, 5.74) is 5.07. The molecular weight excluding hydrogens is 288 g/mol. The van der Waals surface area contributed by atoms with E-state index in [9.17, 15) is 4.79 Å². The standard InChI is InChI=1S/C19H18N2O2/c1-20-16-11-7-6-10-14(16)18-17(19(22)23-2)15(12-21(18)20)13-8-4-3-5-9-13/h3-11,15H,12H2,1-2H3. The van der Waals surface area contributed by atoms with Gasteiger partial charge in [-0.1, -0.05) is 48.5 Å². The first kappa shape index (κ1) is 13.9. The van der Waals surface area contributed by atoms with E-state index in [0.29, 0.717) is 0 Å². The van der Waals surface area contributed by atoms with Crippen LogP contribution in [0.2, 0.25) is 0 Å². The van der Waals surface area contributed by atoms with Crippen LogP contribution in [-0.4, -0.2) is 31.7 Å². The van der Waals surface area contributed by atoms with Gasteiger partial charge in [-0.3, -0.25) is 10.0 Å². The van der Waals surface area contributed by atoms with Gasteiger partial charge < -0.3 is 4.74 Å². The van der Waals surface area contributed by atoms with Gasteiger partial charge in [-0.25, -0.2) is 4.79 Å². The van der Waals surface area contributed by atoms with Crippen LogP contribution in [0.1, 0.15) is 17.0 Å². The lowest BCUT2D eigenvalue weighted by Gasteiger charge is -2.27. The van der Waals surface area contributed by atoms with Gasteiger partial charge in [0, 0.05) is 18.5 Å². The minimum absolute atomic E-state index is 0.0226. The number of rotatable bonds is 2. The Morgan fingerprint density at radius 1 is 1.09 bits per heavy atom. The van der Waals surface area contributed by atoms with Crippen LogP contribution in [-0.2, 0) is 9.53 Å². The topological polar surface area (TPSA) is 32.8 Å². The number of carbonyl (C=O) groups is 1. The van der Waals surface area contributed by atoms with Crippen molar-refractivity contribution in [3.05, 3.63) is 71.3 Å². The minimum atomic E-state index is -0.249. The van der Waals surface area contributed by atoms with Crippen molar-refractivity contribution in [1.29, 1.82) is 0 Å². The van der Waals surface area contributed by atoms with Crippen LogP contribution in [0.25, 0.3) is 5.70 Å². The lowest BCUT2D eigenvalue weighted by Crippen LogP contribution is -2.33. The summed E-state index contributed by atoms with van der Waals surface area (Å²) in [5.74, 6) is -0.226. The predicted octanol–water partition coefficient (Wildman–Crippen LogP) is 3.03. The van der Waals surface area contributed by atoms with Crippen molar-refractivity contribution >= 4 is 17.4 Å². The van der Waals surface area contributed by atoms with Crippen molar-refractivity contribution in [1.82, 2.24) is 5.01 Å². The summed E-state index contributed by atoms with van der Waals surface area (Å²) in [5, 5.41) is 4.30. The number of benzene rings is 2. The van der Waals surface area contributed by atoms with Gasteiger partial charge in [0.1, 0.15) is 0 Å². The maximum absolute atomic E-state index is 12.5. The molecule has 2 aromatic carbocycles. The van der Waals surface area contributed by atoms with E-state index >= 15 is 0 Å². The van der Waals surface area contributed by atoms with Crippen LogP contribution in [0.15, 0.2) is 60.2 Å². The zero-order valence-electron chi connectivity index (χ0n) is 13.2. The Balaban J connectivity index is 1.92. The average molecular weight is 306 g/mol. The van der Waals surface area contributed by atoms with Gasteiger partial charge in [0.2, 0.25) is 0 Å². The van der Waals surface area contributed by atoms with Crippen molar-refractivity contribution < 1.29 is 9.53 Å². The van der Waals surface area contributed by atoms with E-state index < -0.39 is 0 Å². The Hall–Kier alpha value is -2.75. The van der Waals surface area contributed by atoms with E-state index in [-0.39, 0.29) is 11.9 Å². The molecule has 4 heteroatoms. The summed E-state index contributed by atoms with van der Waals surface area (Å²) < 4.78 is 5.10. The Morgan fingerprint density at radius 2 is 1.78 bits per heavy atom. The number of fused-ring (bicyclic) bond motifs is 3. The Kier molecular flexibility index (Phi) is 3.11. The zero-order valence-corrected chi connectivity index (χ0v) is 13.2. The van der Waals surface area contributed by atoms with Gasteiger partial charge in [0.15, 0.2) is 0 Å². The molecule has 23 heavy (non-hydrogen) atoms. The predicted molar refractivity (Wildman–Crippen MR) is 89.7 cm³/mol. The number of ether oxygens (including phenoxy) is 1. The van der Waals surface area contributed by atoms with Crippen molar-refractivity contribution in [3.8, 4) is 0 Å². The molecule has 0 spiro atoms. The van der Waals surface area contributed by atoms with E-state index in [0.717, 1.165) is 34.6 Å². The fourth-order valence-electron chi connectivity index (χ4n) is 3.61. The second-order valence-electron chi connectivity index (χ2n) is 5.84. The molecular formula is C19H18N2O2. The number of carbonyl (C=O) groups excluding carboxylic acids is 1. The molecule has 0 saturated carbocycles. The Bertz CT molecular complexity index is 798. The highest BCUT2D eigenvalue weighted by atomic mass is 16.5. The largest absolute Gasteiger partial charge is 0.466 e. The number of nitrogens with zero attached hydrogens (tertiary/aromatic N) is 2. The molecule has 2 aliphatic rings. The molecule has 4 rings (SSSR count). The molecule has 0 radical (unpaired) electrons. The van der Waals surface area contributed by atoms with Crippen molar-refractivity contribution in [2.24, 2.45) is 0 Å². The number of hydrazine groups is 1. The Labute approximate surface area is 135 Å². The molecule has 0 aromatic heterocycles. The molecule has 2 aromatic rings. The van der Waals surface area contributed by atoms with Gasteiger partial charge in [-0.05, 0) is 11.6 Å². The first-order chi connectivity index (χ1) is 11.2. The highest BCUT2D eigenvalue weighted by molar-refractivity contribution is 6.03. The van der Waals surface area contributed by atoms with Crippen LogP contribution in [0.4, 0.5) is 5.69 Å². The Morgan fingerprint density at radius 3 is 2.52 bits per heavy atom. The normalized spacial score (nSPS) is 19.0. The molecule has 0 bridgehead atoms. The smallest absolute Gasteiger partial charge is 0.336 e. The van der Waals surface area contributed by atoms with E-state index in [1.807, 2.05) is 37.4 Å². The summed E-state index contributed by atoms with van der Waals surface area (Å²) >= 11 is 0. The highest BCUT2D eigenvalue weighted by Crippen LogP contribution is 2.49. The van der Waals surface area contributed by atoms with Gasteiger partial charge in [-0.15, -0.1) is 0 Å². The lowest BCUT2D eigenvalue weighted by atomic mass is 9.91. The van der Waals surface area contributed by atoms with E-state index in [1.165, 1.54) is 7.11 Å². The van der Waals surface area contributed by atoms with Crippen molar-refractivity contribution in [2.75, 3.05) is 25.7 Å². The molecule has 0 aliphatic carbocycles. The number of methoxy groups -OCH3 is 1. The van der Waals surface area contributed by atoms with Gasteiger partial charge in [-0.2, -0.15) is 0 Å². The zero-order chi connectivity index (χ0) is 16.0.